The minimum absolute atomic E-state index is 0.00823. The molecule has 0 aliphatic heterocycles. The Bertz CT molecular complexity index is 1060. The van der Waals surface area contributed by atoms with Crippen LogP contribution >= 0.6 is 0 Å². The van der Waals surface area contributed by atoms with Gasteiger partial charge in [0.25, 0.3) is 5.91 Å². The highest BCUT2D eigenvalue weighted by Crippen LogP contribution is 2.25. The zero-order valence-corrected chi connectivity index (χ0v) is 16.4. The van der Waals surface area contributed by atoms with Crippen molar-refractivity contribution in [3.05, 3.63) is 71.4 Å². The molecule has 9 heteroatoms. The Labute approximate surface area is 171 Å². The summed E-state index contributed by atoms with van der Waals surface area (Å²) in [5.74, 6) is -1.84. The SMILES string of the molecule is COc1ccc(CNC(=O)CNC(=O)c2cn(C)nc2-c2ccc(F)cc2F)cc1. The smallest absolute Gasteiger partial charge is 0.255 e. The van der Waals surface area contributed by atoms with Gasteiger partial charge in [-0.05, 0) is 29.8 Å². The molecule has 0 aliphatic rings. The van der Waals surface area contributed by atoms with E-state index in [1.807, 2.05) is 12.1 Å². The van der Waals surface area contributed by atoms with Crippen molar-refractivity contribution in [1.29, 1.82) is 0 Å². The number of aryl methyl sites for hydroxylation is 1. The molecule has 7 nitrogen and oxygen atoms in total. The van der Waals surface area contributed by atoms with E-state index in [1.54, 1.807) is 26.3 Å². The van der Waals surface area contributed by atoms with Crippen LogP contribution in [0.25, 0.3) is 11.3 Å². The van der Waals surface area contributed by atoms with Crippen LogP contribution in [-0.2, 0) is 18.4 Å². The Morgan fingerprint density at radius 2 is 1.83 bits per heavy atom. The first kappa shape index (κ1) is 21.0. The van der Waals surface area contributed by atoms with E-state index in [9.17, 15) is 18.4 Å². The van der Waals surface area contributed by atoms with Crippen molar-refractivity contribution in [1.82, 2.24) is 20.4 Å². The standard InChI is InChI=1S/C21H20F2N4O3/c1-27-12-17(20(26-27)16-8-5-14(22)9-18(16)23)21(29)25-11-19(28)24-10-13-3-6-15(30-2)7-4-13/h3-9,12H,10-11H2,1-2H3,(H,24,28)(H,25,29). The maximum atomic E-state index is 14.1. The topological polar surface area (TPSA) is 85.3 Å². The molecular formula is C21H20F2N4O3. The molecule has 1 heterocycles. The Morgan fingerprint density at radius 1 is 1.10 bits per heavy atom. The van der Waals surface area contributed by atoms with Gasteiger partial charge in [-0.1, -0.05) is 12.1 Å². The molecule has 0 fully saturated rings. The first-order chi connectivity index (χ1) is 14.4. The predicted octanol–water partition coefficient (Wildman–Crippen LogP) is 2.42. The second-order valence-electron chi connectivity index (χ2n) is 6.50. The number of aromatic nitrogens is 2. The summed E-state index contributed by atoms with van der Waals surface area (Å²) in [5.41, 5.74) is 1.00. The highest BCUT2D eigenvalue weighted by Gasteiger charge is 2.20. The van der Waals surface area contributed by atoms with E-state index in [-0.39, 0.29) is 29.9 Å². The molecule has 0 saturated heterocycles. The Balaban J connectivity index is 1.61. The lowest BCUT2D eigenvalue weighted by molar-refractivity contribution is -0.120. The minimum atomic E-state index is -0.833. The largest absolute Gasteiger partial charge is 0.497 e. The number of nitrogens with zero attached hydrogens (tertiary/aromatic N) is 2. The molecular weight excluding hydrogens is 394 g/mol. The molecule has 0 aliphatic carbocycles. The molecule has 2 amide bonds. The first-order valence-corrected chi connectivity index (χ1v) is 9.04. The van der Waals surface area contributed by atoms with Gasteiger partial charge < -0.3 is 15.4 Å². The normalized spacial score (nSPS) is 10.5. The summed E-state index contributed by atoms with van der Waals surface area (Å²) in [5, 5.41) is 9.27. The zero-order chi connectivity index (χ0) is 21.7. The fourth-order valence-electron chi connectivity index (χ4n) is 2.80. The van der Waals surface area contributed by atoms with Gasteiger partial charge in [0.05, 0.1) is 19.2 Å². The number of hydrogen-bond acceptors (Lipinski definition) is 4. The van der Waals surface area contributed by atoms with Crippen LogP contribution in [0.3, 0.4) is 0 Å². The Kier molecular flexibility index (Phi) is 6.41. The molecule has 0 atom stereocenters. The van der Waals surface area contributed by atoms with Gasteiger partial charge in [0, 0.05) is 31.4 Å². The molecule has 0 radical (unpaired) electrons. The Morgan fingerprint density at radius 3 is 2.50 bits per heavy atom. The summed E-state index contributed by atoms with van der Waals surface area (Å²) >= 11 is 0. The summed E-state index contributed by atoms with van der Waals surface area (Å²) in [7, 11) is 3.14. The van der Waals surface area contributed by atoms with Crippen molar-refractivity contribution in [2.75, 3.05) is 13.7 Å². The number of amides is 2. The fraction of sp³-hybridized carbons (Fsp3) is 0.190. The van der Waals surface area contributed by atoms with E-state index in [1.165, 1.54) is 16.9 Å². The van der Waals surface area contributed by atoms with Crippen LogP contribution in [0.4, 0.5) is 8.78 Å². The van der Waals surface area contributed by atoms with Crippen molar-refractivity contribution in [2.45, 2.75) is 6.54 Å². The van der Waals surface area contributed by atoms with Crippen LogP contribution in [0.1, 0.15) is 15.9 Å². The van der Waals surface area contributed by atoms with Gasteiger partial charge >= 0.3 is 0 Å². The molecule has 30 heavy (non-hydrogen) atoms. The van der Waals surface area contributed by atoms with Crippen LogP contribution in [0.15, 0.2) is 48.7 Å². The number of nitrogens with one attached hydrogen (secondary N) is 2. The highest BCUT2D eigenvalue weighted by atomic mass is 19.1. The zero-order valence-electron chi connectivity index (χ0n) is 16.4. The average molecular weight is 414 g/mol. The van der Waals surface area contributed by atoms with E-state index in [2.05, 4.69) is 15.7 Å². The predicted molar refractivity (Wildman–Crippen MR) is 106 cm³/mol. The van der Waals surface area contributed by atoms with E-state index >= 15 is 0 Å². The van der Waals surface area contributed by atoms with Crippen molar-refractivity contribution >= 4 is 11.8 Å². The fourth-order valence-corrected chi connectivity index (χ4v) is 2.80. The molecule has 3 rings (SSSR count). The number of methoxy groups -OCH3 is 1. The number of ether oxygens (including phenoxy) is 1. The molecule has 2 N–H and O–H groups in total. The van der Waals surface area contributed by atoms with Gasteiger partial charge in [0.15, 0.2) is 0 Å². The third-order valence-corrected chi connectivity index (χ3v) is 4.32. The van der Waals surface area contributed by atoms with E-state index in [0.717, 1.165) is 17.7 Å². The minimum Gasteiger partial charge on any atom is -0.497 e. The van der Waals surface area contributed by atoms with Gasteiger partial charge in [0.2, 0.25) is 5.91 Å². The van der Waals surface area contributed by atoms with Crippen molar-refractivity contribution in [3.63, 3.8) is 0 Å². The summed E-state index contributed by atoms with van der Waals surface area (Å²) in [6, 6.07) is 10.2. The van der Waals surface area contributed by atoms with E-state index < -0.39 is 23.4 Å². The quantitative estimate of drug-likeness (QED) is 0.622. The number of carbonyl (C=O) groups is 2. The molecule has 1 aromatic heterocycles. The lowest BCUT2D eigenvalue weighted by atomic mass is 10.1. The van der Waals surface area contributed by atoms with Crippen molar-refractivity contribution < 1.29 is 23.1 Å². The summed E-state index contributed by atoms with van der Waals surface area (Å²) in [4.78, 5) is 24.6. The summed E-state index contributed by atoms with van der Waals surface area (Å²) in [6.45, 7) is 0.0207. The third kappa shape index (κ3) is 4.99. The van der Waals surface area contributed by atoms with Gasteiger partial charge in [0.1, 0.15) is 23.1 Å². The van der Waals surface area contributed by atoms with Gasteiger partial charge in [-0.15, -0.1) is 0 Å². The molecule has 0 bridgehead atoms. The summed E-state index contributed by atoms with van der Waals surface area (Å²) < 4.78 is 33.7. The highest BCUT2D eigenvalue weighted by molar-refractivity contribution is 6.01. The molecule has 0 unspecified atom stereocenters. The second-order valence-corrected chi connectivity index (χ2v) is 6.50. The first-order valence-electron chi connectivity index (χ1n) is 9.04. The maximum Gasteiger partial charge on any atom is 0.255 e. The van der Waals surface area contributed by atoms with Crippen LogP contribution in [0.5, 0.6) is 5.75 Å². The second kappa shape index (κ2) is 9.17. The van der Waals surface area contributed by atoms with Crippen molar-refractivity contribution in [2.24, 2.45) is 7.05 Å². The number of benzene rings is 2. The average Bonchev–Trinajstić information content (AvgIpc) is 3.12. The van der Waals surface area contributed by atoms with Gasteiger partial charge in [-0.25, -0.2) is 8.78 Å². The van der Waals surface area contributed by atoms with Gasteiger partial charge in [-0.2, -0.15) is 5.10 Å². The maximum absolute atomic E-state index is 14.1. The molecule has 156 valence electrons. The lowest BCUT2D eigenvalue weighted by Crippen LogP contribution is -2.36. The van der Waals surface area contributed by atoms with Crippen LogP contribution in [-0.4, -0.2) is 35.2 Å². The number of halogens is 2. The third-order valence-electron chi connectivity index (χ3n) is 4.32. The summed E-state index contributed by atoms with van der Waals surface area (Å²) in [6.07, 6.45) is 1.41. The van der Waals surface area contributed by atoms with E-state index in [0.29, 0.717) is 5.75 Å². The molecule has 2 aromatic carbocycles. The van der Waals surface area contributed by atoms with E-state index in [4.69, 9.17) is 4.74 Å². The number of hydrogen-bond donors (Lipinski definition) is 2. The Hall–Kier alpha value is -3.75. The van der Waals surface area contributed by atoms with Crippen LogP contribution in [0.2, 0.25) is 0 Å². The number of rotatable bonds is 7. The molecule has 0 saturated carbocycles. The molecule has 0 spiro atoms. The number of carbonyl (C=O) groups excluding carboxylic acids is 2. The van der Waals surface area contributed by atoms with Gasteiger partial charge in [-0.3, -0.25) is 14.3 Å². The lowest BCUT2D eigenvalue weighted by Gasteiger charge is -2.08. The monoisotopic (exact) mass is 414 g/mol. The van der Waals surface area contributed by atoms with Crippen molar-refractivity contribution in [3.8, 4) is 17.0 Å². The van der Waals surface area contributed by atoms with Crippen LogP contribution < -0.4 is 15.4 Å². The van der Waals surface area contributed by atoms with Crippen LogP contribution in [0, 0.1) is 11.6 Å². The molecule has 3 aromatic rings.